The molecule has 1 heterocycles. The number of rotatable bonds is 3. The van der Waals surface area contributed by atoms with E-state index in [-0.39, 0.29) is 5.88 Å². The number of halogens is 4. The maximum atomic E-state index is 12.0. The summed E-state index contributed by atoms with van der Waals surface area (Å²) in [6, 6.07) is 0. The van der Waals surface area contributed by atoms with E-state index in [0.717, 1.165) is 16.2 Å². The predicted molar refractivity (Wildman–Crippen MR) is 51.0 cm³/mol. The van der Waals surface area contributed by atoms with Crippen molar-refractivity contribution >= 4 is 28.1 Å². The molecule has 0 N–H and O–H groups in total. The molecule has 0 aromatic carbocycles. The Balaban J connectivity index is 2.65. The maximum absolute atomic E-state index is 12.0. The van der Waals surface area contributed by atoms with Gasteiger partial charge in [0.1, 0.15) is 6.54 Å². The standard InChI is InChI=1S/C7H8ClF3N2S/c1-13(4-7(9,10)11)6-12-5(2-8)3-14-6/h3H,2,4H2,1H3. The van der Waals surface area contributed by atoms with E-state index >= 15 is 0 Å². The monoisotopic (exact) mass is 244 g/mol. The third-order valence-electron chi connectivity index (χ3n) is 1.42. The van der Waals surface area contributed by atoms with Crippen molar-refractivity contribution in [1.82, 2.24) is 4.98 Å². The van der Waals surface area contributed by atoms with Crippen molar-refractivity contribution in [3.8, 4) is 0 Å². The minimum atomic E-state index is -4.21. The lowest BCUT2D eigenvalue weighted by Crippen LogP contribution is -2.30. The summed E-state index contributed by atoms with van der Waals surface area (Å²) in [6.07, 6.45) is -4.21. The van der Waals surface area contributed by atoms with Crippen LogP contribution in [0.5, 0.6) is 0 Å². The highest BCUT2D eigenvalue weighted by Crippen LogP contribution is 2.24. The molecule has 0 saturated heterocycles. The maximum Gasteiger partial charge on any atom is 0.405 e. The van der Waals surface area contributed by atoms with Gasteiger partial charge in [-0.3, -0.25) is 0 Å². The molecule has 1 aromatic rings. The van der Waals surface area contributed by atoms with E-state index in [1.165, 1.54) is 7.05 Å². The molecule has 0 atom stereocenters. The minimum Gasteiger partial charge on any atom is -0.342 e. The predicted octanol–water partition coefficient (Wildman–Crippen LogP) is 2.88. The van der Waals surface area contributed by atoms with Gasteiger partial charge in [-0.2, -0.15) is 13.2 Å². The third kappa shape index (κ3) is 3.34. The van der Waals surface area contributed by atoms with Gasteiger partial charge in [-0.1, -0.05) is 0 Å². The van der Waals surface area contributed by atoms with E-state index in [0.29, 0.717) is 10.8 Å². The molecule has 0 amide bonds. The summed E-state index contributed by atoms with van der Waals surface area (Å²) in [7, 11) is 1.35. The summed E-state index contributed by atoms with van der Waals surface area (Å²) in [4.78, 5) is 4.98. The quantitative estimate of drug-likeness (QED) is 0.760. The molecule has 7 heteroatoms. The van der Waals surface area contributed by atoms with Crippen molar-refractivity contribution in [2.75, 3.05) is 18.5 Å². The Morgan fingerprint density at radius 3 is 2.64 bits per heavy atom. The molecule has 0 saturated carbocycles. The zero-order valence-electron chi connectivity index (χ0n) is 7.31. The van der Waals surface area contributed by atoms with Crippen molar-refractivity contribution in [2.45, 2.75) is 12.1 Å². The Kier molecular flexibility index (Phi) is 3.60. The van der Waals surface area contributed by atoms with Crippen molar-refractivity contribution in [1.29, 1.82) is 0 Å². The van der Waals surface area contributed by atoms with Crippen LogP contribution >= 0.6 is 22.9 Å². The number of anilines is 1. The van der Waals surface area contributed by atoms with Crippen LogP contribution in [0.4, 0.5) is 18.3 Å². The van der Waals surface area contributed by atoms with E-state index < -0.39 is 12.7 Å². The lowest BCUT2D eigenvalue weighted by Gasteiger charge is -2.17. The van der Waals surface area contributed by atoms with Crippen LogP contribution in [-0.2, 0) is 5.88 Å². The molecule has 1 aromatic heterocycles. The second-order valence-corrected chi connectivity index (χ2v) is 3.83. The molecule has 0 radical (unpaired) electrons. The summed E-state index contributed by atoms with van der Waals surface area (Å²) in [5, 5.41) is 1.98. The summed E-state index contributed by atoms with van der Waals surface area (Å²) in [6.45, 7) is -0.998. The number of aromatic nitrogens is 1. The average molecular weight is 245 g/mol. The van der Waals surface area contributed by atoms with Gasteiger partial charge in [0.2, 0.25) is 0 Å². The minimum absolute atomic E-state index is 0.219. The fraction of sp³-hybridized carbons (Fsp3) is 0.571. The van der Waals surface area contributed by atoms with Gasteiger partial charge in [-0.05, 0) is 0 Å². The zero-order valence-corrected chi connectivity index (χ0v) is 8.88. The van der Waals surface area contributed by atoms with Crippen LogP contribution in [0.2, 0.25) is 0 Å². The van der Waals surface area contributed by atoms with Crippen molar-refractivity contribution in [3.05, 3.63) is 11.1 Å². The van der Waals surface area contributed by atoms with Crippen LogP contribution in [0.25, 0.3) is 0 Å². The van der Waals surface area contributed by atoms with Gasteiger partial charge >= 0.3 is 6.18 Å². The zero-order chi connectivity index (χ0) is 10.8. The van der Waals surface area contributed by atoms with Gasteiger partial charge in [0.15, 0.2) is 5.13 Å². The fourth-order valence-corrected chi connectivity index (χ4v) is 1.89. The summed E-state index contributed by atoms with van der Waals surface area (Å²) >= 11 is 6.63. The van der Waals surface area contributed by atoms with Gasteiger partial charge in [-0.15, -0.1) is 22.9 Å². The summed E-state index contributed by atoms with van der Waals surface area (Å²) < 4.78 is 36.0. The van der Waals surface area contributed by atoms with Gasteiger partial charge in [0.05, 0.1) is 11.6 Å². The fourth-order valence-electron chi connectivity index (χ4n) is 0.870. The molecule has 2 nitrogen and oxygen atoms in total. The molecular weight excluding hydrogens is 237 g/mol. The number of alkyl halides is 4. The Hall–Kier alpha value is -0.490. The van der Waals surface area contributed by atoms with Crippen LogP contribution in [-0.4, -0.2) is 24.8 Å². The molecule has 0 bridgehead atoms. The lowest BCUT2D eigenvalue weighted by atomic mass is 10.5. The topological polar surface area (TPSA) is 16.1 Å². The van der Waals surface area contributed by atoms with Gasteiger partial charge in [0, 0.05) is 12.4 Å². The lowest BCUT2D eigenvalue weighted by molar-refractivity contribution is -0.119. The second-order valence-electron chi connectivity index (χ2n) is 2.73. The summed E-state index contributed by atoms with van der Waals surface area (Å²) in [5.74, 6) is 0.219. The third-order valence-corrected chi connectivity index (χ3v) is 2.70. The van der Waals surface area contributed by atoms with E-state index in [1.54, 1.807) is 5.38 Å². The van der Waals surface area contributed by atoms with E-state index in [1.807, 2.05) is 0 Å². The van der Waals surface area contributed by atoms with E-state index in [4.69, 9.17) is 11.6 Å². The Labute approximate surface area is 88.3 Å². The number of nitrogens with zero attached hydrogens (tertiary/aromatic N) is 2. The summed E-state index contributed by atoms with van der Waals surface area (Å²) in [5.41, 5.74) is 0.598. The number of thiazole rings is 1. The molecule has 0 aliphatic rings. The van der Waals surface area contributed by atoms with Crippen LogP contribution in [0.3, 0.4) is 0 Å². The first-order valence-corrected chi connectivity index (χ1v) is 5.12. The van der Waals surface area contributed by atoms with Crippen LogP contribution in [0, 0.1) is 0 Å². The Morgan fingerprint density at radius 1 is 1.57 bits per heavy atom. The number of hydrogen-bond donors (Lipinski definition) is 0. The van der Waals surface area contributed by atoms with Crippen molar-refractivity contribution < 1.29 is 13.2 Å². The molecule has 0 fully saturated rings. The van der Waals surface area contributed by atoms with Crippen LogP contribution in [0.1, 0.15) is 5.69 Å². The van der Waals surface area contributed by atoms with Crippen molar-refractivity contribution in [2.24, 2.45) is 0 Å². The molecule has 14 heavy (non-hydrogen) atoms. The van der Waals surface area contributed by atoms with Gasteiger partial charge in [0.25, 0.3) is 0 Å². The number of hydrogen-bond acceptors (Lipinski definition) is 3. The van der Waals surface area contributed by atoms with E-state index in [2.05, 4.69) is 4.98 Å². The first-order chi connectivity index (χ1) is 6.42. The normalized spacial score (nSPS) is 11.8. The van der Waals surface area contributed by atoms with Gasteiger partial charge in [-0.25, -0.2) is 4.98 Å². The molecule has 1 rings (SSSR count). The first kappa shape index (κ1) is 11.6. The SMILES string of the molecule is CN(CC(F)(F)F)c1nc(CCl)cs1. The molecule has 0 aliphatic carbocycles. The van der Waals surface area contributed by atoms with Gasteiger partial charge < -0.3 is 4.90 Å². The highest BCUT2D eigenvalue weighted by Gasteiger charge is 2.30. The molecule has 0 spiro atoms. The molecule has 80 valence electrons. The second kappa shape index (κ2) is 4.35. The van der Waals surface area contributed by atoms with Crippen molar-refractivity contribution in [3.63, 3.8) is 0 Å². The molecular formula is C7H8ClF3N2S. The van der Waals surface area contributed by atoms with E-state index in [9.17, 15) is 13.2 Å². The Bertz CT molecular complexity index is 299. The van der Waals surface area contributed by atoms with Crippen LogP contribution in [0.15, 0.2) is 5.38 Å². The first-order valence-electron chi connectivity index (χ1n) is 3.70. The Morgan fingerprint density at radius 2 is 2.21 bits per heavy atom. The smallest absolute Gasteiger partial charge is 0.342 e. The van der Waals surface area contributed by atoms with Crippen LogP contribution < -0.4 is 4.90 Å². The molecule has 0 unspecified atom stereocenters. The average Bonchev–Trinajstić information content (AvgIpc) is 2.48. The largest absolute Gasteiger partial charge is 0.405 e. The highest BCUT2D eigenvalue weighted by atomic mass is 35.5. The highest BCUT2D eigenvalue weighted by molar-refractivity contribution is 7.13. The molecule has 0 aliphatic heterocycles.